The van der Waals surface area contributed by atoms with Crippen LogP contribution in [0.4, 0.5) is 0 Å². The number of unbranched alkanes of at least 4 members (excludes halogenated alkanes) is 39. The Bertz CT molecular complexity index is 1180. The van der Waals surface area contributed by atoms with Gasteiger partial charge < -0.3 is 15.5 Å². The highest BCUT2D eigenvalue weighted by Gasteiger charge is 2.18. The van der Waals surface area contributed by atoms with Gasteiger partial charge in [0.2, 0.25) is 5.91 Å². The maximum Gasteiger partial charge on any atom is 0.220 e. The molecule has 0 aliphatic heterocycles. The Morgan fingerprint density at radius 3 is 0.957 bits per heavy atom. The maximum absolute atomic E-state index is 12.5. The second-order valence-electron chi connectivity index (χ2n) is 20.7. The molecule has 0 aliphatic carbocycles. The molecule has 0 aromatic heterocycles. The van der Waals surface area contributed by atoms with Gasteiger partial charge in [0.25, 0.3) is 0 Å². The predicted molar refractivity (Wildman–Crippen MR) is 308 cm³/mol. The lowest BCUT2D eigenvalue weighted by atomic mass is 10.0. The van der Waals surface area contributed by atoms with E-state index in [-0.39, 0.29) is 12.5 Å². The van der Waals surface area contributed by atoms with E-state index in [1.54, 1.807) is 6.08 Å². The molecule has 0 heterocycles. The van der Waals surface area contributed by atoms with Crippen molar-refractivity contribution < 1.29 is 15.0 Å². The summed E-state index contributed by atoms with van der Waals surface area (Å²) in [6.07, 6.45) is 86.6. The van der Waals surface area contributed by atoms with Crippen LogP contribution in [0.1, 0.15) is 316 Å². The smallest absolute Gasteiger partial charge is 0.220 e. The first kappa shape index (κ1) is 66.8. The lowest BCUT2D eigenvalue weighted by molar-refractivity contribution is -0.123. The van der Waals surface area contributed by atoms with Gasteiger partial charge in [0.1, 0.15) is 0 Å². The molecule has 0 saturated carbocycles. The van der Waals surface area contributed by atoms with Crippen molar-refractivity contribution in [2.75, 3.05) is 6.61 Å². The molecule has 0 aliphatic rings. The van der Waals surface area contributed by atoms with E-state index in [2.05, 4.69) is 79.9 Å². The van der Waals surface area contributed by atoms with Crippen LogP contribution in [-0.2, 0) is 4.79 Å². The van der Waals surface area contributed by atoms with Crippen LogP contribution in [0.15, 0.2) is 72.9 Å². The summed E-state index contributed by atoms with van der Waals surface area (Å²) in [6, 6.07) is -0.623. The fourth-order valence-electron chi connectivity index (χ4n) is 9.33. The number of aliphatic hydroxyl groups is 2. The molecule has 0 saturated heterocycles. The topological polar surface area (TPSA) is 69.6 Å². The van der Waals surface area contributed by atoms with E-state index in [9.17, 15) is 15.0 Å². The third kappa shape index (κ3) is 56.6. The van der Waals surface area contributed by atoms with E-state index in [1.807, 2.05) is 6.08 Å². The van der Waals surface area contributed by atoms with Crippen LogP contribution in [0.2, 0.25) is 0 Å². The van der Waals surface area contributed by atoms with Gasteiger partial charge in [-0.25, -0.2) is 0 Å². The minimum absolute atomic E-state index is 0.0597. The quantitative estimate of drug-likeness (QED) is 0.0420. The van der Waals surface area contributed by atoms with Crippen molar-refractivity contribution in [1.82, 2.24) is 5.32 Å². The van der Waals surface area contributed by atoms with Gasteiger partial charge in [0.15, 0.2) is 0 Å². The Hall–Kier alpha value is -2.17. The number of hydrogen-bond acceptors (Lipinski definition) is 3. The second-order valence-corrected chi connectivity index (χ2v) is 20.7. The summed E-state index contributed by atoms with van der Waals surface area (Å²) in [5.41, 5.74) is 0. The van der Waals surface area contributed by atoms with Crippen molar-refractivity contribution in [1.29, 1.82) is 0 Å². The average molecular weight is 963 g/mol. The summed E-state index contributed by atoms with van der Waals surface area (Å²) in [7, 11) is 0. The standard InChI is InChI=1S/C65H119NO3/c1-3-5-7-9-11-13-15-17-19-21-23-25-26-27-28-29-30-31-32-33-34-35-36-37-38-39-40-41-43-45-47-49-51-53-55-57-59-61-65(69)66-63(62-67)64(68)60-58-56-54-52-50-48-46-44-42-24-22-20-18-16-14-12-10-8-6-4-2/h5,7,11,13,17,19,23,25,27-28,58,60,63-64,67-68H,3-4,6,8-10,12,14-16,18,20-22,24,26,29-57,59,61-62H2,1-2H3,(H,66,69)/b7-5-,13-11-,19-17-,25-23-,28-27-,60-58+. The number of amides is 1. The summed E-state index contributed by atoms with van der Waals surface area (Å²) in [6.45, 7) is 4.22. The van der Waals surface area contributed by atoms with Gasteiger partial charge >= 0.3 is 0 Å². The fraction of sp³-hybridized carbons (Fsp3) is 0.800. The summed E-state index contributed by atoms with van der Waals surface area (Å²) < 4.78 is 0. The highest BCUT2D eigenvalue weighted by molar-refractivity contribution is 5.76. The molecule has 4 heteroatoms. The third-order valence-corrected chi connectivity index (χ3v) is 13.9. The van der Waals surface area contributed by atoms with Crippen LogP contribution in [0.5, 0.6) is 0 Å². The lowest BCUT2D eigenvalue weighted by Gasteiger charge is -2.20. The summed E-state index contributed by atoms with van der Waals surface area (Å²) in [5, 5.41) is 23.2. The number of carbonyl (C=O) groups excluding carboxylic acids is 1. The molecule has 0 radical (unpaired) electrons. The number of nitrogens with one attached hydrogen (secondary N) is 1. The predicted octanol–water partition coefficient (Wildman–Crippen LogP) is 20.5. The van der Waals surface area contributed by atoms with Crippen LogP contribution >= 0.6 is 0 Å². The average Bonchev–Trinajstić information content (AvgIpc) is 3.35. The molecule has 0 rings (SSSR count). The fourth-order valence-corrected chi connectivity index (χ4v) is 9.33. The first-order valence-electron chi connectivity index (χ1n) is 30.7. The third-order valence-electron chi connectivity index (χ3n) is 13.9. The van der Waals surface area contributed by atoms with Crippen LogP contribution in [-0.4, -0.2) is 34.9 Å². The highest BCUT2D eigenvalue weighted by atomic mass is 16.3. The molecule has 69 heavy (non-hydrogen) atoms. The zero-order chi connectivity index (χ0) is 49.9. The van der Waals surface area contributed by atoms with E-state index in [1.165, 1.54) is 238 Å². The number of aliphatic hydroxyl groups excluding tert-OH is 2. The number of carbonyl (C=O) groups is 1. The molecule has 0 spiro atoms. The number of rotatable bonds is 56. The van der Waals surface area contributed by atoms with Gasteiger partial charge in [-0.15, -0.1) is 0 Å². The molecule has 4 nitrogen and oxygen atoms in total. The zero-order valence-electron chi connectivity index (χ0n) is 46.3. The van der Waals surface area contributed by atoms with Crippen molar-refractivity contribution in [3.63, 3.8) is 0 Å². The van der Waals surface area contributed by atoms with E-state index < -0.39 is 12.1 Å². The van der Waals surface area contributed by atoms with Crippen molar-refractivity contribution in [3.05, 3.63) is 72.9 Å². The van der Waals surface area contributed by atoms with Crippen molar-refractivity contribution in [3.8, 4) is 0 Å². The Morgan fingerprint density at radius 1 is 0.362 bits per heavy atom. The van der Waals surface area contributed by atoms with Crippen LogP contribution in [0.25, 0.3) is 0 Å². The molecule has 402 valence electrons. The Labute approximate surface area is 431 Å². The molecular weight excluding hydrogens is 843 g/mol. The van der Waals surface area contributed by atoms with Crippen molar-refractivity contribution >= 4 is 5.91 Å². The summed E-state index contributed by atoms with van der Waals surface area (Å²) >= 11 is 0. The Morgan fingerprint density at radius 2 is 0.638 bits per heavy atom. The van der Waals surface area contributed by atoms with Gasteiger partial charge in [-0.2, -0.15) is 0 Å². The Kier molecular flexibility index (Phi) is 58.2. The van der Waals surface area contributed by atoms with E-state index in [4.69, 9.17) is 0 Å². The van der Waals surface area contributed by atoms with Gasteiger partial charge in [0, 0.05) is 6.42 Å². The molecule has 0 fully saturated rings. The largest absolute Gasteiger partial charge is 0.394 e. The highest BCUT2D eigenvalue weighted by Crippen LogP contribution is 2.17. The number of hydrogen-bond donors (Lipinski definition) is 3. The summed E-state index contributed by atoms with van der Waals surface area (Å²) in [4.78, 5) is 12.5. The normalized spacial score (nSPS) is 13.3. The molecule has 2 atom stereocenters. The van der Waals surface area contributed by atoms with Gasteiger partial charge in [-0.3, -0.25) is 4.79 Å². The maximum atomic E-state index is 12.5. The molecule has 0 aromatic carbocycles. The number of allylic oxidation sites excluding steroid dienone is 11. The lowest BCUT2D eigenvalue weighted by Crippen LogP contribution is -2.45. The molecule has 3 N–H and O–H groups in total. The zero-order valence-corrected chi connectivity index (χ0v) is 46.3. The van der Waals surface area contributed by atoms with Crippen LogP contribution < -0.4 is 5.32 Å². The Balaban J connectivity index is 3.45. The monoisotopic (exact) mass is 962 g/mol. The van der Waals surface area contributed by atoms with Crippen molar-refractivity contribution in [2.45, 2.75) is 328 Å². The first-order valence-corrected chi connectivity index (χ1v) is 30.7. The molecule has 0 aromatic rings. The van der Waals surface area contributed by atoms with E-state index in [0.29, 0.717) is 6.42 Å². The minimum Gasteiger partial charge on any atom is -0.394 e. The molecular formula is C65H119NO3. The van der Waals surface area contributed by atoms with Crippen molar-refractivity contribution in [2.24, 2.45) is 0 Å². The van der Waals surface area contributed by atoms with Gasteiger partial charge in [-0.05, 0) is 64.2 Å². The second kappa shape index (κ2) is 60.1. The molecule has 1 amide bonds. The minimum atomic E-state index is -0.840. The molecule has 0 bridgehead atoms. The van der Waals surface area contributed by atoms with Gasteiger partial charge in [-0.1, -0.05) is 318 Å². The SMILES string of the molecule is CC/C=C\C/C=C\C/C=C\C/C=C\C/C=C\CCCCCCCCCCCCCCCCCCCCCCCC(=O)NC(CO)C(O)/C=C/CCCCCCCCCCCCCCCCCCCC. The van der Waals surface area contributed by atoms with E-state index >= 15 is 0 Å². The molecule has 2 unspecified atom stereocenters. The van der Waals surface area contributed by atoms with Crippen LogP contribution in [0.3, 0.4) is 0 Å². The van der Waals surface area contributed by atoms with Crippen LogP contribution in [0, 0.1) is 0 Å². The summed E-state index contributed by atoms with van der Waals surface area (Å²) in [5.74, 6) is -0.0597. The van der Waals surface area contributed by atoms with E-state index in [0.717, 1.165) is 57.8 Å². The first-order chi connectivity index (χ1) is 34.2. The van der Waals surface area contributed by atoms with Gasteiger partial charge in [0.05, 0.1) is 18.8 Å².